The number of rotatable bonds is 7. The number of anilines is 2. The normalized spacial score (nSPS) is 10.4. The molecule has 1 amide bonds. The van der Waals surface area contributed by atoms with Gasteiger partial charge in [0.2, 0.25) is 0 Å². The Kier molecular flexibility index (Phi) is 6.69. The van der Waals surface area contributed by atoms with Crippen molar-refractivity contribution in [3.8, 4) is 5.75 Å². The van der Waals surface area contributed by atoms with Crippen LogP contribution in [0.5, 0.6) is 5.75 Å². The molecule has 0 heterocycles. The number of nitrogens with one attached hydrogen (secondary N) is 2. The van der Waals surface area contributed by atoms with Crippen molar-refractivity contribution in [3.05, 3.63) is 53.6 Å². The SMILES string of the molecule is CCOC(=O)Nc1ccc(NCc2ccc(C(C)C)cc2)cc1OC. The molecule has 0 aliphatic heterocycles. The maximum atomic E-state index is 11.5. The summed E-state index contributed by atoms with van der Waals surface area (Å²) < 4.78 is 10.2. The molecule has 0 spiro atoms. The van der Waals surface area contributed by atoms with Crippen LogP contribution in [-0.2, 0) is 11.3 Å². The Hall–Kier alpha value is -2.69. The molecule has 0 aromatic heterocycles. The summed E-state index contributed by atoms with van der Waals surface area (Å²) in [5, 5.41) is 6.03. The van der Waals surface area contributed by atoms with E-state index >= 15 is 0 Å². The van der Waals surface area contributed by atoms with E-state index in [0.717, 1.165) is 5.69 Å². The van der Waals surface area contributed by atoms with E-state index in [1.165, 1.54) is 11.1 Å². The van der Waals surface area contributed by atoms with Crippen LogP contribution in [0.25, 0.3) is 0 Å². The van der Waals surface area contributed by atoms with Crippen molar-refractivity contribution in [2.45, 2.75) is 33.2 Å². The highest BCUT2D eigenvalue weighted by atomic mass is 16.5. The summed E-state index contributed by atoms with van der Waals surface area (Å²) in [4.78, 5) is 11.5. The number of carbonyl (C=O) groups is 1. The third-order valence-electron chi connectivity index (χ3n) is 3.86. The van der Waals surface area contributed by atoms with Crippen molar-refractivity contribution >= 4 is 17.5 Å². The van der Waals surface area contributed by atoms with Crippen LogP contribution in [0, 0.1) is 0 Å². The highest BCUT2D eigenvalue weighted by Crippen LogP contribution is 2.28. The molecule has 2 rings (SSSR count). The molecule has 0 aliphatic carbocycles. The number of carbonyl (C=O) groups excluding carboxylic acids is 1. The molecule has 2 aromatic carbocycles. The number of hydrogen-bond donors (Lipinski definition) is 2. The summed E-state index contributed by atoms with van der Waals surface area (Å²) in [6.07, 6.45) is -0.494. The highest BCUT2D eigenvalue weighted by Gasteiger charge is 2.09. The van der Waals surface area contributed by atoms with Crippen LogP contribution >= 0.6 is 0 Å². The minimum absolute atomic E-state index is 0.323. The molecule has 2 N–H and O–H groups in total. The van der Waals surface area contributed by atoms with Gasteiger partial charge in [0, 0.05) is 18.3 Å². The van der Waals surface area contributed by atoms with Gasteiger partial charge in [0.25, 0.3) is 0 Å². The first kappa shape index (κ1) is 18.6. The van der Waals surface area contributed by atoms with Crippen LogP contribution in [0.2, 0.25) is 0 Å². The zero-order chi connectivity index (χ0) is 18.2. The minimum Gasteiger partial charge on any atom is -0.494 e. The molecule has 0 radical (unpaired) electrons. The molecule has 0 atom stereocenters. The Bertz CT molecular complexity index is 697. The van der Waals surface area contributed by atoms with Crippen LogP contribution in [0.4, 0.5) is 16.2 Å². The summed E-state index contributed by atoms with van der Waals surface area (Å²) in [6, 6.07) is 14.1. The standard InChI is InChI=1S/C20H26N2O3/c1-5-25-20(23)22-18-11-10-17(12-19(18)24-4)21-13-15-6-8-16(9-7-15)14(2)3/h6-12,14,21H,5,13H2,1-4H3,(H,22,23). The summed E-state index contributed by atoms with van der Waals surface area (Å²) in [6.45, 7) is 7.17. The van der Waals surface area contributed by atoms with Crippen molar-refractivity contribution in [2.75, 3.05) is 24.4 Å². The van der Waals surface area contributed by atoms with Crippen molar-refractivity contribution in [3.63, 3.8) is 0 Å². The van der Waals surface area contributed by atoms with Crippen molar-refractivity contribution < 1.29 is 14.3 Å². The van der Waals surface area contributed by atoms with E-state index in [1.54, 1.807) is 20.1 Å². The van der Waals surface area contributed by atoms with Gasteiger partial charge < -0.3 is 14.8 Å². The molecule has 0 fully saturated rings. The number of ether oxygens (including phenoxy) is 2. The zero-order valence-corrected chi connectivity index (χ0v) is 15.3. The smallest absolute Gasteiger partial charge is 0.411 e. The third-order valence-corrected chi connectivity index (χ3v) is 3.86. The molecule has 2 aromatic rings. The Labute approximate surface area is 149 Å². The van der Waals surface area contributed by atoms with E-state index in [2.05, 4.69) is 48.7 Å². The van der Waals surface area contributed by atoms with Gasteiger partial charge in [-0.2, -0.15) is 0 Å². The van der Waals surface area contributed by atoms with Crippen LogP contribution in [0.1, 0.15) is 37.8 Å². The summed E-state index contributed by atoms with van der Waals surface area (Å²) in [7, 11) is 1.57. The maximum absolute atomic E-state index is 11.5. The van der Waals surface area contributed by atoms with E-state index < -0.39 is 6.09 Å². The predicted molar refractivity (Wildman–Crippen MR) is 101 cm³/mol. The van der Waals surface area contributed by atoms with E-state index in [-0.39, 0.29) is 0 Å². The molecule has 134 valence electrons. The molecule has 5 heteroatoms. The van der Waals surface area contributed by atoms with Gasteiger partial charge in [0.15, 0.2) is 0 Å². The Morgan fingerprint density at radius 3 is 2.44 bits per heavy atom. The number of benzene rings is 2. The first-order chi connectivity index (χ1) is 12.0. The fourth-order valence-corrected chi connectivity index (χ4v) is 2.41. The Morgan fingerprint density at radius 2 is 1.84 bits per heavy atom. The van der Waals surface area contributed by atoms with E-state index in [4.69, 9.17) is 9.47 Å². The molecule has 0 bridgehead atoms. The predicted octanol–water partition coefficient (Wildman–Crippen LogP) is 5.00. The molecule has 25 heavy (non-hydrogen) atoms. The summed E-state index contributed by atoms with van der Waals surface area (Å²) in [5.74, 6) is 1.11. The lowest BCUT2D eigenvalue weighted by Gasteiger charge is -2.13. The summed E-state index contributed by atoms with van der Waals surface area (Å²) >= 11 is 0. The maximum Gasteiger partial charge on any atom is 0.411 e. The van der Waals surface area contributed by atoms with Gasteiger partial charge in [0.05, 0.1) is 19.4 Å². The minimum atomic E-state index is -0.494. The lowest BCUT2D eigenvalue weighted by molar-refractivity contribution is 0.168. The number of hydrogen-bond acceptors (Lipinski definition) is 4. The molecule has 0 aliphatic rings. The molecule has 0 unspecified atom stereocenters. The second-order valence-corrected chi connectivity index (χ2v) is 6.01. The zero-order valence-electron chi connectivity index (χ0n) is 15.3. The van der Waals surface area contributed by atoms with Crippen LogP contribution in [-0.4, -0.2) is 19.8 Å². The van der Waals surface area contributed by atoms with Gasteiger partial charge in [-0.05, 0) is 36.1 Å². The van der Waals surface area contributed by atoms with Gasteiger partial charge in [-0.15, -0.1) is 0 Å². The molecular weight excluding hydrogens is 316 g/mol. The Morgan fingerprint density at radius 1 is 1.12 bits per heavy atom. The van der Waals surface area contributed by atoms with Crippen molar-refractivity contribution in [2.24, 2.45) is 0 Å². The highest BCUT2D eigenvalue weighted by molar-refractivity contribution is 5.87. The van der Waals surface area contributed by atoms with Gasteiger partial charge in [-0.1, -0.05) is 38.1 Å². The molecular formula is C20H26N2O3. The van der Waals surface area contributed by atoms with Crippen LogP contribution < -0.4 is 15.4 Å². The van der Waals surface area contributed by atoms with E-state index in [0.29, 0.717) is 30.5 Å². The van der Waals surface area contributed by atoms with E-state index in [1.807, 2.05) is 12.1 Å². The van der Waals surface area contributed by atoms with Crippen LogP contribution in [0.15, 0.2) is 42.5 Å². The lowest BCUT2D eigenvalue weighted by Crippen LogP contribution is -2.14. The molecule has 0 saturated carbocycles. The quantitative estimate of drug-likeness (QED) is 0.743. The largest absolute Gasteiger partial charge is 0.494 e. The number of amides is 1. The monoisotopic (exact) mass is 342 g/mol. The summed E-state index contributed by atoms with van der Waals surface area (Å²) in [5.41, 5.74) is 4.03. The molecule has 0 saturated heterocycles. The van der Waals surface area contributed by atoms with Gasteiger partial charge in [0.1, 0.15) is 5.75 Å². The van der Waals surface area contributed by atoms with Gasteiger partial charge in [-0.25, -0.2) is 4.79 Å². The Balaban J connectivity index is 2.01. The average Bonchev–Trinajstić information content (AvgIpc) is 2.61. The topological polar surface area (TPSA) is 59.6 Å². The third kappa shape index (κ3) is 5.41. The fourth-order valence-electron chi connectivity index (χ4n) is 2.41. The van der Waals surface area contributed by atoms with Gasteiger partial charge in [-0.3, -0.25) is 5.32 Å². The van der Waals surface area contributed by atoms with Crippen molar-refractivity contribution in [1.29, 1.82) is 0 Å². The second kappa shape index (κ2) is 8.97. The fraction of sp³-hybridized carbons (Fsp3) is 0.350. The molecule has 5 nitrogen and oxygen atoms in total. The van der Waals surface area contributed by atoms with Crippen LogP contribution in [0.3, 0.4) is 0 Å². The first-order valence-corrected chi connectivity index (χ1v) is 8.48. The first-order valence-electron chi connectivity index (χ1n) is 8.48. The van der Waals surface area contributed by atoms with Crippen molar-refractivity contribution in [1.82, 2.24) is 0 Å². The van der Waals surface area contributed by atoms with E-state index in [9.17, 15) is 4.79 Å². The average molecular weight is 342 g/mol. The lowest BCUT2D eigenvalue weighted by atomic mass is 10.0. The van der Waals surface area contributed by atoms with Gasteiger partial charge >= 0.3 is 6.09 Å². The number of methoxy groups -OCH3 is 1. The second-order valence-electron chi connectivity index (χ2n) is 6.01.